The fraction of sp³-hybridized carbons (Fsp3) is 0.273. The van der Waals surface area contributed by atoms with Gasteiger partial charge in [0.2, 0.25) is 15.9 Å². The van der Waals surface area contributed by atoms with Crippen LogP contribution >= 0.6 is 0 Å². The highest BCUT2D eigenvalue weighted by Crippen LogP contribution is 2.20. The average molecular weight is 283 g/mol. The maximum Gasteiger partial charge on any atom is 0.253 e. The van der Waals surface area contributed by atoms with Crippen LogP contribution in [-0.4, -0.2) is 18.6 Å². The molecule has 2 aromatic rings. The monoisotopic (exact) mass is 283 g/mol. The van der Waals surface area contributed by atoms with Crippen molar-refractivity contribution in [2.45, 2.75) is 25.3 Å². The van der Waals surface area contributed by atoms with Gasteiger partial charge in [0.15, 0.2) is 6.61 Å². The molecule has 0 bridgehead atoms. The van der Waals surface area contributed by atoms with Crippen molar-refractivity contribution in [1.82, 2.24) is 10.2 Å². The fourth-order valence-corrected chi connectivity index (χ4v) is 2.34. The summed E-state index contributed by atoms with van der Waals surface area (Å²) in [6.07, 6.45) is 0. The first-order valence-corrected chi connectivity index (χ1v) is 6.96. The van der Waals surface area contributed by atoms with Gasteiger partial charge in [0.1, 0.15) is 5.75 Å². The second kappa shape index (κ2) is 4.98. The zero-order valence-electron chi connectivity index (χ0n) is 10.5. The lowest BCUT2D eigenvalue weighted by Crippen LogP contribution is -2.13. The first kappa shape index (κ1) is 13.5. The van der Waals surface area contributed by atoms with Gasteiger partial charge in [-0.25, -0.2) is 13.6 Å². The number of nitrogens with zero attached hydrogens (tertiary/aromatic N) is 2. The molecule has 0 spiro atoms. The number of aromatic nitrogens is 2. The number of sulfonamides is 1. The zero-order valence-corrected chi connectivity index (χ0v) is 11.3. The van der Waals surface area contributed by atoms with E-state index < -0.39 is 10.0 Å². The van der Waals surface area contributed by atoms with Crippen molar-refractivity contribution >= 4 is 10.0 Å². The molecule has 7 nitrogen and oxygen atoms in total. The van der Waals surface area contributed by atoms with E-state index in [1.54, 1.807) is 19.9 Å². The lowest BCUT2D eigenvalue weighted by atomic mass is 10.2. The number of ether oxygens (including phenoxy) is 1. The number of aryl methyl sites for hydroxylation is 2. The lowest BCUT2D eigenvalue weighted by molar-refractivity contribution is 0.260. The summed E-state index contributed by atoms with van der Waals surface area (Å²) in [7, 11) is -3.71. The van der Waals surface area contributed by atoms with Crippen LogP contribution in [-0.2, 0) is 16.6 Å². The molecule has 2 rings (SSSR count). The molecule has 0 unspecified atom stereocenters. The van der Waals surface area contributed by atoms with Crippen LogP contribution in [0.25, 0.3) is 0 Å². The van der Waals surface area contributed by atoms with E-state index in [2.05, 4.69) is 10.2 Å². The lowest BCUT2D eigenvalue weighted by Gasteiger charge is -2.07. The Morgan fingerprint density at radius 3 is 2.58 bits per heavy atom. The molecule has 0 radical (unpaired) electrons. The van der Waals surface area contributed by atoms with Crippen molar-refractivity contribution in [1.29, 1.82) is 0 Å². The van der Waals surface area contributed by atoms with Gasteiger partial charge in [0, 0.05) is 6.92 Å². The summed E-state index contributed by atoms with van der Waals surface area (Å²) >= 11 is 0. The highest BCUT2D eigenvalue weighted by molar-refractivity contribution is 7.89. The van der Waals surface area contributed by atoms with E-state index in [1.165, 1.54) is 12.1 Å². The Morgan fingerprint density at radius 1 is 1.32 bits per heavy atom. The summed E-state index contributed by atoms with van der Waals surface area (Å²) in [5, 5.41) is 12.5. The summed E-state index contributed by atoms with van der Waals surface area (Å²) < 4.78 is 33.1. The smallest absolute Gasteiger partial charge is 0.253 e. The third-order valence-corrected chi connectivity index (χ3v) is 3.45. The van der Waals surface area contributed by atoms with Gasteiger partial charge in [0.25, 0.3) is 5.89 Å². The molecule has 0 atom stereocenters. The zero-order chi connectivity index (χ0) is 14.0. The summed E-state index contributed by atoms with van der Waals surface area (Å²) in [6, 6.07) is 4.51. The van der Waals surface area contributed by atoms with Crippen molar-refractivity contribution in [3.63, 3.8) is 0 Å². The molecule has 19 heavy (non-hydrogen) atoms. The third kappa shape index (κ3) is 3.30. The van der Waals surface area contributed by atoms with Gasteiger partial charge >= 0.3 is 0 Å². The molecule has 0 saturated carbocycles. The fourth-order valence-electron chi connectivity index (χ4n) is 1.57. The molecule has 0 amide bonds. The minimum absolute atomic E-state index is 0.0773. The van der Waals surface area contributed by atoms with Crippen LogP contribution in [0.15, 0.2) is 27.5 Å². The predicted octanol–water partition coefficient (Wildman–Crippen LogP) is 0.913. The van der Waals surface area contributed by atoms with E-state index in [4.69, 9.17) is 14.3 Å². The summed E-state index contributed by atoms with van der Waals surface area (Å²) in [4.78, 5) is 0.0773. The van der Waals surface area contributed by atoms with E-state index in [-0.39, 0.29) is 11.5 Å². The number of benzene rings is 1. The Kier molecular flexibility index (Phi) is 3.54. The van der Waals surface area contributed by atoms with Crippen LogP contribution in [0, 0.1) is 13.8 Å². The molecule has 102 valence electrons. The van der Waals surface area contributed by atoms with E-state index in [1.807, 2.05) is 0 Å². The topological polar surface area (TPSA) is 108 Å². The van der Waals surface area contributed by atoms with Crippen molar-refractivity contribution in [3.05, 3.63) is 35.5 Å². The second-order valence-corrected chi connectivity index (χ2v) is 5.51. The van der Waals surface area contributed by atoms with E-state index >= 15 is 0 Å². The van der Waals surface area contributed by atoms with Crippen molar-refractivity contribution in [2.24, 2.45) is 5.14 Å². The molecule has 1 aromatic heterocycles. The van der Waals surface area contributed by atoms with E-state index in [0.29, 0.717) is 23.1 Å². The Bertz CT molecular complexity index is 694. The SMILES string of the molecule is Cc1nnc(COc2ccc(S(N)(=O)=O)c(C)c2)o1. The first-order valence-electron chi connectivity index (χ1n) is 5.41. The van der Waals surface area contributed by atoms with Crippen molar-refractivity contribution < 1.29 is 17.6 Å². The predicted molar refractivity (Wildman–Crippen MR) is 65.9 cm³/mol. The summed E-state index contributed by atoms with van der Waals surface area (Å²) in [5.74, 6) is 1.31. The molecule has 1 aromatic carbocycles. The Balaban J connectivity index is 2.12. The van der Waals surface area contributed by atoms with Gasteiger partial charge in [-0.2, -0.15) is 0 Å². The van der Waals surface area contributed by atoms with Gasteiger partial charge in [-0.05, 0) is 30.7 Å². The van der Waals surface area contributed by atoms with Gasteiger partial charge in [-0.15, -0.1) is 10.2 Å². The molecule has 0 aliphatic carbocycles. The van der Waals surface area contributed by atoms with Crippen LogP contribution in [0.1, 0.15) is 17.3 Å². The van der Waals surface area contributed by atoms with Crippen LogP contribution in [0.4, 0.5) is 0 Å². The number of rotatable bonds is 4. The second-order valence-electron chi connectivity index (χ2n) is 3.98. The Hall–Kier alpha value is -1.93. The Morgan fingerprint density at radius 2 is 2.05 bits per heavy atom. The Labute approximate surface area is 110 Å². The van der Waals surface area contributed by atoms with Crippen LogP contribution < -0.4 is 9.88 Å². The van der Waals surface area contributed by atoms with E-state index in [9.17, 15) is 8.42 Å². The quantitative estimate of drug-likeness (QED) is 0.893. The van der Waals surface area contributed by atoms with Crippen LogP contribution in [0.3, 0.4) is 0 Å². The maximum atomic E-state index is 11.3. The normalized spacial score (nSPS) is 11.5. The third-order valence-electron chi connectivity index (χ3n) is 2.38. The number of nitrogens with two attached hydrogens (primary N) is 1. The maximum absolute atomic E-state index is 11.3. The summed E-state index contributed by atoms with van der Waals surface area (Å²) in [6.45, 7) is 3.44. The van der Waals surface area contributed by atoms with Crippen LogP contribution in [0.2, 0.25) is 0 Å². The molecular formula is C11H13N3O4S. The molecule has 0 saturated heterocycles. The van der Waals surface area contributed by atoms with Crippen molar-refractivity contribution in [2.75, 3.05) is 0 Å². The minimum Gasteiger partial charge on any atom is -0.484 e. The highest BCUT2D eigenvalue weighted by Gasteiger charge is 2.12. The van der Waals surface area contributed by atoms with Crippen LogP contribution in [0.5, 0.6) is 5.75 Å². The number of hydrogen-bond donors (Lipinski definition) is 1. The van der Waals surface area contributed by atoms with Crippen molar-refractivity contribution in [3.8, 4) is 5.75 Å². The molecular weight excluding hydrogens is 270 g/mol. The number of primary sulfonamides is 1. The number of hydrogen-bond acceptors (Lipinski definition) is 6. The van der Waals surface area contributed by atoms with Gasteiger partial charge < -0.3 is 9.15 Å². The molecule has 1 heterocycles. The minimum atomic E-state index is -3.71. The molecule has 0 aliphatic heterocycles. The molecule has 0 aliphatic rings. The molecule has 0 fully saturated rings. The van der Waals surface area contributed by atoms with Gasteiger partial charge in [0.05, 0.1) is 4.90 Å². The summed E-state index contributed by atoms with van der Waals surface area (Å²) in [5.41, 5.74) is 0.515. The highest BCUT2D eigenvalue weighted by atomic mass is 32.2. The molecule has 8 heteroatoms. The first-order chi connectivity index (χ1) is 8.86. The van der Waals surface area contributed by atoms with E-state index in [0.717, 1.165) is 0 Å². The molecule has 2 N–H and O–H groups in total. The van der Waals surface area contributed by atoms with Gasteiger partial charge in [-0.1, -0.05) is 0 Å². The van der Waals surface area contributed by atoms with Gasteiger partial charge in [-0.3, -0.25) is 0 Å². The standard InChI is InChI=1S/C11H13N3O4S/c1-7-5-9(3-4-10(7)19(12,15)16)17-6-11-14-13-8(2)18-11/h3-5H,6H2,1-2H3,(H2,12,15,16). The largest absolute Gasteiger partial charge is 0.484 e. The average Bonchev–Trinajstić information content (AvgIpc) is 2.71.